The van der Waals surface area contributed by atoms with Crippen LogP contribution in [0.3, 0.4) is 0 Å². The average molecular weight is 320 g/mol. The van der Waals surface area contributed by atoms with Gasteiger partial charge in [0.1, 0.15) is 0 Å². The zero-order chi connectivity index (χ0) is 16.4. The summed E-state index contributed by atoms with van der Waals surface area (Å²) in [5.41, 5.74) is 4.00. The predicted octanol–water partition coefficient (Wildman–Crippen LogP) is 3.24. The Hall–Kier alpha value is -2.13. The fourth-order valence-corrected chi connectivity index (χ4v) is 4.01. The highest BCUT2D eigenvalue weighted by Crippen LogP contribution is 2.25. The summed E-state index contributed by atoms with van der Waals surface area (Å²) in [6.45, 7) is 3.52. The van der Waals surface area contributed by atoms with Crippen molar-refractivity contribution < 1.29 is 4.79 Å². The van der Waals surface area contributed by atoms with Crippen molar-refractivity contribution in [1.29, 1.82) is 0 Å². The van der Waals surface area contributed by atoms with Crippen molar-refractivity contribution in [3.05, 3.63) is 71.3 Å². The van der Waals surface area contributed by atoms with Crippen molar-refractivity contribution in [2.75, 3.05) is 13.1 Å². The van der Waals surface area contributed by atoms with Crippen LogP contribution >= 0.6 is 0 Å². The lowest BCUT2D eigenvalue weighted by atomic mass is 9.99. The topological polar surface area (TPSA) is 23.6 Å². The number of hydrogen-bond donors (Lipinski definition) is 0. The molecule has 0 spiro atoms. The summed E-state index contributed by atoms with van der Waals surface area (Å²) in [5, 5.41) is 0. The van der Waals surface area contributed by atoms with Crippen LogP contribution in [0.15, 0.2) is 54.6 Å². The monoisotopic (exact) mass is 320 g/mol. The molecular formula is C21H24N2O. The van der Waals surface area contributed by atoms with E-state index in [0.717, 1.165) is 45.4 Å². The molecule has 2 heterocycles. The number of nitrogens with zero attached hydrogens (tertiary/aromatic N) is 2. The summed E-state index contributed by atoms with van der Waals surface area (Å²) < 4.78 is 0. The summed E-state index contributed by atoms with van der Waals surface area (Å²) in [6.07, 6.45) is 3.09. The molecule has 0 saturated carbocycles. The molecule has 0 bridgehead atoms. The standard InChI is InChI=1S/C21H24N2O/c24-21(23-14-12-18-9-4-5-10-19(18)16-23)20-11-6-13-22(20)15-17-7-2-1-3-8-17/h1-5,7-10,20H,6,11-16H2/t20-/m1/s1. The van der Waals surface area contributed by atoms with Gasteiger partial charge < -0.3 is 4.90 Å². The number of amides is 1. The third-order valence-electron chi connectivity index (χ3n) is 5.32. The van der Waals surface area contributed by atoms with Crippen LogP contribution in [-0.4, -0.2) is 34.8 Å². The summed E-state index contributed by atoms with van der Waals surface area (Å²) in [4.78, 5) is 17.5. The quantitative estimate of drug-likeness (QED) is 0.867. The molecular weight excluding hydrogens is 296 g/mol. The lowest BCUT2D eigenvalue weighted by molar-refractivity contribution is -0.137. The molecule has 4 rings (SSSR count). The van der Waals surface area contributed by atoms with Gasteiger partial charge >= 0.3 is 0 Å². The molecule has 1 amide bonds. The van der Waals surface area contributed by atoms with Gasteiger partial charge in [0.25, 0.3) is 0 Å². The number of hydrogen-bond acceptors (Lipinski definition) is 2. The van der Waals surface area contributed by atoms with E-state index in [-0.39, 0.29) is 6.04 Å². The Morgan fingerprint density at radius 2 is 1.71 bits per heavy atom. The van der Waals surface area contributed by atoms with E-state index in [4.69, 9.17) is 0 Å². The fourth-order valence-electron chi connectivity index (χ4n) is 4.01. The molecule has 1 saturated heterocycles. The first-order valence-corrected chi connectivity index (χ1v) is 8.95. The first-order chi connectivity index (χ1) is 11.8. The number of carbonyl (C=O) groups excluding carboxylic acids is 1. The molecule has 0 unspecified atom stereocenters. The maximum Gasteiger partial charge on any atom is 0.240 e. The van der Waals surface area contributed by atoms with Gasteiger partial charge in [-0.3, -0.25) is 9.69 Å². The van der Waals surface area contributed by atoms with Crippen LogP contribution < -0.4 is 0 Å². The second-order valence-corrected chi connectivity index (χ2v) is 6.89. The first-order valence-electron chi connectivity index (χ1n) is 8.95. The molecule has 124 valence electrons. The van der Waals surface area contributed by atoms with Gasteiger partial charge in [-0.05, 0) is 42.5 Å². The maximum atomic E-state index is 13.1. The Balaban J connectivity index is 1.46. The molecule has 2 aromatic carbocycles. The minimum absolute atomic E-state index is 0.0514. The third-order valence-corrected chi connectivity index (χ3v) is 5.32. The molecule has 2 aromatic rings. The number of fused-ring (bicyclic) bond motifs is 1. The Kier molecular flexibility index (Phi) is 4.35. The lowest BCUT2D eigenvalue weighted by Crippen LogP contribution is -2.47. The highest BCUT2D eigenvalue weighted by atomic mass is 16.2. The van der Waals surface area contributed by atoms with Crippen LogP contribution in [0.4, 0.5) is 0 Å². The van der Waals surface area contributed by atoms with Crippen molar-refractivity contribution in [3.63, 3.8) is 0 Å². The van der Waals surface area contributed by atoms with E-state index in [0.29, 0.717) is 5.91 Å². The van der Waals surface area contributed by atoms with Gasteiger partial charge in [0.2, 0.25) is 5.91 Å². The van der Waals surface area contributed by atoms with Crippen molar-refractivity contribution in [2.24, 2.45) is 0 Å². The number of likely N-dealkylation sites (tertiary alicyclic amines) is 1. The molecule has 2 aliphatic rings. The molecule has 2 aliphatic heterocycles. The molecule has 1 fully saturated rings. The molecule has 3 heteroatoms. The van der Waals surface area contributed by atoms with Gasteiger partial charge in [0, 0.05) is 19.6 Å². The predicted molar refractivity (Wildman–Crippen MR) is 95.4 cm³/mol. The number of rotatable bonds is 3. The van der Waals surface area contributed by atoms with Crippen LogP contribution in [0.1, 0.15) is 29.5 Å². The normalized spacial score (nSPS) is 20.8. The third kappa shape index (κ3) is 3.09. The smallest absolute Gasteiger partial charge is 0.240 e. The van der Waals surface area contributed by atoms with Crippen LogP contribution in [0.25, 0.3) is 0 Å². The van der Waals surface area contributed by atoms with E-state index in [1.54, 1.807) is 0 Å². The second kappa shape index (κ2) is 6.78. The van der Waals surface area contributed by atoms with E-state index >= 15 is 0 Å². The van der Waals surface area contributed by atoms with E-state index in [2.05, 4.69) is 58.3 Å². The van der Waals surface area contributed by atoms with Crippen LogP contribution in [0.2, 0.25) is 0 Å². The van der Waals surface area contributed by atoms with E-state index in [1.807, 2.05) is 6.07 Å². The van der Waals surface area contributed by atoms with E-state index < -0.39 is 0 Å². The van der Waals surface area contributed by atoms with Crippen molar-refractivity contribution in [1.82, 2.24) is 9.80 Å². The minimum Gasteiger partial charge on any atom is -0.337 e. The van der Waals surface area contributed by atoms with Gasteiger partial charge in [0.05, 0.1) is 6.04 Å². The highest BCUT2D eigenvalue weighted by Gasteiger charge is 2.34. The van der Waals surface area contributed by atoms with Crippen LogP contribution in [0.5, 0.6) is 0 Å². The molecule has 3 nitrogen and oxygen atoms in total. The Morgan fingerprint density at radius 3 is 2.54 bits per heavy atom. The summed E-state index contributed by atoms with van der Waals surface area (Å²) >= 11 is 0. The maximum absolute atomic E-state index is 13.1. The molecule has 0 aliphatic carbocycles. The lowest BCUT2D eigenvalue weighted by Gasteiger charge is -2.33. The Morgan fingerprint density at radius 1 is 0.958 bits per heavy atom. The van der Waals surface area contributed by atoms with Gasteiger partial charge in [-0.2, -0.15) is 0 Å². The molecule has 1 atom stereocenters. The SMILES string of the molecule is O=C([C@H]1CCCN1Cc1ccccc1)N1CCc2ccccc2C1. The Bertz CT molecular complexity index is 713. The molecule has 0 aromatic heterocycles. The minimum atomic E-state index is 0.0514. The van der Waals surface area contributed by atoms with E-state index in [9.17, 15) is 4.79 Å². The van der Waals surface area contributed by atoms with Gasteiger partial charge in [-0.25, -0.2) is 0 Å². The van der Waals surface area contributed by atoms with E-state index in [1.165, 1.54) is 16.7 Å². The van der Waals surface area contributed by atoms with Gasteiger partial charge in [-0.15, -0.1) is 0 Å². The zero-order valence-electron chi connectivity index (χ0n) is 14.0. The summed E-state index contributed by atoms with van der Waals surface area (Å²) in [5.74, 6) is 0.318. The summed E-state index contributed by atoms with van der Waals surface area (Å²) in [6, 6.07) is 19.1. The molecule has 24 heavy (non-hydrogen) atoms. The second-order valence-electron chi connectivity index (χ2n) is 6.89. The first kappa shape index (κ1) is 15.4. The largest absolute Gasteiger partial charge is 0.337 e. The van der Waals surface area contributed by atoms with Crippen molar-refractivity contribution in [2.45, 2.75) is 38.4 Å². The number of carbonyl (C=O) groups is 1. The fraction of sp³-hybridized carbons (Fsp3) is 0.381. The van der Waals surface area contributed by atoms with Gasteiger partial charge in [0.15, 0.2) is 0 Å². The van der Waals surface area contributed by atoms with Crippen molar-refractivity contribution >= 4 is 5.91 Å². The molecule has 0 N–H and O–H groups in total. The molecule has 0 radical (unpaired) electrons. The highest BCUT2D eigenvalue weighted by molar-refractivity contribution is 5.82. The van der Waals surface area contributed by atoms with Gasteiger partial charge in [-0.1, -0.05) is 54.6 Å². The van der Waals surface area contributed by atoms with Crippen LogP contribution in [0, 0.1) is 0 Å². The average Bonchev–Trinajstić information content (AvgIpc) is 3.09. The zero-order valence-corrected chi connectivity index (χ0v) is 14.0. The summed E-state index contributed by atoms with van der Waals surface area (Å²) in [7, 11) is 0. The Labute approximate surface area is 143 Å². The van der Waals surface area contributed by atoms with Crippen LogP contribution in [-0.2, 0) is 24.3 Å². The van der Waals surface area contributed by atoms with Crippen molar-refractivity contribution in [3.8, 4) is 0 Å². The number of benzene rings is 2.